The molecular weight excluding hydrogens is 594 g/mol. The predicted octanol–water partition coefficient (Wildman–Crippen LogP) is 5.49. The molecule has 0 aliphatic carbocycles. The summed E-state index contributed by atoms with van der Waals surface area (Å²) in [5.41, 5.74) is 1.05. The molecule has 7 rings (SSSR count). The summed E-state index contributed by atoms with van der Waals surface area (Å²) in [5, 5.41) is 15.4. The number of carbonyl (C=O) groups excluding carboxylic acids is 1. The molecule has 3 atom stereocenters. The Morgan fingerprint density at radius 3 is 1.98 bits per heavy atom. The molecule has 2 N–H and O–H groups in total. The van der Waals surface area contributed by atoms with Crippen molar-refractivity contribution in [2.45, 2.75) is 29.8 Å². The van der Waals surface area contributed by atoms with Crippen LogP contribution >= 0.6 is 0 Å². The Bertz CT molecular complexity index is 1860. The highest BCUT2D eigenvalue weighted by Crippen LogP contribution is 2.57. The number of aromatic nitrogens is 4. The van der Waals surface area contributed by atoms with Gasteiger partial charge in [-0.05, 0) is 28.8 Å². The second kappa shape index (κ2) is 12.9. The van der Waals surface area contributed by atoms with Crippen molar-refractivity contribution in [2.24, 2.45) is 0 Å². The molecule has 6 aromatic rings. The monoisotopic (exact) mass is 627 g/mol. The number of nitrogens with zero attached hydrogens (tertiary/aromatic N) is 4. The van der Waals surface area contributed by atoms with E-state index in [9.17, 15) is 9.90 Å². The van der Waals surface area contributed by atoms with Crippen LogP contribution in [0, 0.1) is 0 Å². The summed E-state index contributed by atoms with van der Waals surface area (Å²) in [7, 11) is 1.44. The summed E-state index contributed by atoms with van der Waals surface area (Å²) in [6, 6.07) is 38.8. The van der Waals surface area contributed by atoms with E-state index in [1.807, 2.05) is 97.1 Å². The van der Waals surface area contributed by atoms with Crippen LogP contribution in [0.25, 0.3) is 11.2 Å². The molecule has 47 heavy (non-hydrogen) atoms. The lowest BCUT2D eigenvalue weighted by molar-refractivity contribution is -0.293. The van der Waals surface area contributed by atoms with Crippen molar-refractivity contribution in [3.63, 3.8) is 0 Å². The Hall–Kier alpha value is -5.26. The van der Waals surface area contributed by atoms with Crippen LogP contribution in [0.5, 0.6) is 0 Å². The average molecular weight is 628 g/mol. The molecular formula is C37H33N5O5. The molecule has 1 fully saturated rings. The van der Waals surface area contributed by atoms with Crippen molar-refractivity contribution >= 4 is 22.9 Å². The van der Waals surface area contributed by atoms with Gasteiger partial charge in [0.1, 0.15) is 19.0 Å². The third-order valence-corrected chi connectivity index (χ3v) is 8.77. The second-order valence-corrected chi connectivity index (χ2v) is 11.3. The third kappa shape index (κ3) is 5.08. The van der Waals surface area contributed by atoms with Gasteiger partial charge in [-0.15, -0.1) is 0 Å². The number of hydrogen-bond acceptors (Lipinski definition) is 8. The van der Waals surface area contributed by atoms with Crippen LogP contribution in [-0.4, -0.2) is 56.5 Å². The highest BCUT2D eigenvalue weighted by Gasteiger charge is 2.65. The fourth-order valence-corrected chi connectivity index (χ4v) is 6.90. The smallest absolute Gasteiger partial charge is 0.256 e. The van der Waals surface area contributed by atoms with E-state index in [-0.39, 0.29) is 24.8 Å². The van der Waals surface area contributed by atoms with Crippen LogP contribution in [0.2, 0.25) is 0 Å². The van der Waals surface area contributed by atoms with Crippen molar-refractivity contribution in [2.75, 3.05) is 19.0 Å². The molecule has 1 amide bonds. The van der Waals surface area contributed by atoms with Crippen LogP contribution in [0.1, 0.15) is 33.5 Å². The highest BCUT2D eigenvalue weighted by molar-refractivity contribution is 6.06. The van der Waals surface area contributed by atoms with E-state index >= 15 is 0 Å². The van der Waals surface area contributed by atoms with Gasteiger partial charge in [-0.2, -0.15) is 0 Å². The first kappa shape index (κ1) is 30.4. The fraction of sp³-hybridized carbons (Fsp3) is 0.189. The summed E-state index contributed by atoms with van der Waals surface area (Å²) >= 11 is 0. The Labute approximate surface area is 271 Å². The minimum absolute atomic E-state index is 0.0732. The van der Waals surface area contributed by atoms with E-state index in [4.69, 9.17) is 19.5 Å². The first-order valence-corrected chi connectivity index (χ1v) is 15.3. The van der Waals surface area contributed by atoms with Gasteiger partial charge >= 0.3 is 0 Å². The number of hydrogen-bond donors (Lipinski definition) is 2. The normalized spacial score (nSPS) is 19.5. The van der Waals surface area contributed by atoms with Gasteiger partial charge in [0.2, 0.25) is 0 Å². The molecule has 4 aromatic carbocycles. The number of nitrogens with one attached hydrogen (secondary N) is 1. The SMILES string of the molecule is COOC[C@@H]1C[C@@H](O)[C@@](n2cnc3c(NC(=O)c4ccccc4)ncnc32)(C(c2ccccc2)(c2ccccc2)c2ccccc2)O1. The molecule has 2 aromatic heterocycles. The van der Waals surface area contributed by atoms with Crippen molar-refractivity contribution in [1.29, 1.82) is 0 Å². The van der Waals surface area contributed by atoms with Gasteiger partial charge in [-0.1, -0.05) is 109 Å². The quantitative estimate of drug-likeness (QED) is 0.116. The van der Waals surface area contributed by atoms with Crippen LogP contribution in [-0.2, 0) is 25.7 Å². The maximum absolute atomic E-state index is 13.2. The highest BCUT2D eigenvalue weighted by atomic mass is 17.2. The number of amides is 1. The maximum atomic E-state index is 13.2. The number of anilines is 1. The van der Waals surface area contributed by atoms with Gasteiger partial charge in [-0.3, -0.25) is 9.36 Å². The van der Waals surface area contributed by atoms with E-state index in [0.717, 1.165) is 16.7 Å². The molecule has 0 saturated carbocycles. The number of carbonyl (C=O) groups is 1. The molecule has 236 valence electrons. The van der Waals surface area contributed by atoms with Crippen LogP contribution < -0.4 is 5.32 Å². The van der Waals surface area contributed by atoms with E-state index in [1.54, 1.807) is 35.2 Å². The summed E-state index contributed by atoms with van der Waals surface area (Å²) in [6.45, 7) is 0.0732. The van der Waals surface area contributed by atoms with E-state index in [0.29, 0.717) is 16.7 Å². The Morgan fingerprint density at radius 2 is 1.43 bits per heavy atom. The van der Waals surface area contributed by atoms with Gasteiger partial charge in [0.25, 0.3) is 5.91 Å². The van der Waals surface area contributed by atoms with Crippen molar-refractivity contribution in [3.8, 4) is 0 Å². The van der Waals surface area contributed by atoms with Crippen LogP contribution in [0.15, 0.2) is 134 Å². The third-order valence-electron chi connectivity index (χ3n) is 8.77. The zero-order valence-electron chi connectivity index (χ0n) is 25.6. The zero-order chi connectivity index (χ0) is 32.3. The van der Waals surface area contributed by atoms with Crippen LogP contribution in [0.4, 0.5) is 5.82 Å². The number of rotatable bonds is 10. The second-order valence-electron chi connectivity index (χ2n) is 11.3. The minimum atomic E-state index is -1.58. The van der Waals surface area contributed by atoms with Crippen molar-refractivity contribution in [1.82, 2.24) is 19.5 Å². The molecule has 1 saturated heterocycles. The molecule has 0 radical (unpaired) electrons. The number of ether oxygens (including phenoxy) is 1. The predicted molar refractivity (Wildman–Crippen MR) is 175 cm³/mol. The molecule has 10 heteroatoms. The van der Waals surface area contributed by atoms with Crippen molar-refractivity contribution < 1.29 is 24.4 Å². The van der Waals surface area contributed by atoms with Crippen LogP contribution in [0.3, 0.4) is 0 Å². The van der Waals surface area contributed by atoms with Gasteiger partial charge in [0, 0.05) is 12.0 Å². The van der Waals surface area contributed by atoms with Gasteiger partial charge in [0.15, 0.2) is 22.7 Å². The van der Waals surface area contributed by atoms with Gasteiger partial charge in [0.05, 0.1) is 25.0 Å². The zero-order valence-corrected chi connectivity index (χ0v) is 25.6. The van der Waals surface area contributed by atoms with Gasteiger partial charge < -0.3 is 15.2 Å². The lowest BCUT2D eigenvalue weighted by Gasteiger charge is -2.51. The summed E-state index contributed by atoms with van der Waals surface area (Å²) in [5.74, 6) is -0.106. The minimum Gasteiger partial charge on any atom is -0.388 e. The molecule has 0 unspecified atom stereocenters. The summed E-state index contributed by atoms with van der Waals surface area (Å²) in [4.78, 5) is 37.3. The molecule has 3 heterocycles. The molecule has 0 spiro atoms. The summed E-state index contributed by atoms with van der Waals surface area (Å²) < 4.78 is 8.94. The number of benzene rings is 4. The first-order chi connectivity index (χ1) is 23.1. The number of aliphatic hydroxyl groups is 1. The Kier molecular flexibility index (Phi) is 8.32. The molecule has 10 nitrogen and oxygen atoms in total. The molecule has 1 aliphatic rings. The maximum Gasteiger partial charge on any atom is 0.256 e. The lowest BCUT2D eigenvalue weighted by atomic mass is 9.61. The van der Waals surface area contributed by atoms with E-state index < -0.39 is 23.3 Å². The molecule has 0 bridgehead atoms. The molecule has 1 aliphatic heterocycles. The van der Waals surface area contributed by atoms with Crippen molar-refractivity contribution in [3.05, 3.63) is 156 Å². The van der Waals surface area contributed by atoms with E-state index in [2.05, 4.69) is 15.3 Å². The Balaban J connectivity index is 1.52. The largest absolute Gasteiger partial charge is 0.388 e. The first-order valence-electron chi connectivity index (χ1n) is 15.3. The van der Waals surface area contributed by atoms with Gasteiger partial charge in [-0.25, -0.2) is 24.7 Å². The fourth-order valence-electron chi connectivity index (χ4n) is 6.90. The average Bonchev–Trinajstić information content (AvgIpc) is 3.71. The number of aliphatic hydroxyl groups excluding tert-OH is 1. The standard InChI is InChI=1S/C37H33N5O5/c1-45-46-23-30-22-31(43)37(47-30,42-25-40-32-33(38-24-39-34(32)42)41-35(44)26-14-6-2-7-15-26)36(27-16-8-3-9-17-27,28-18-10-4-11-19-28)29-20-12-5-13-21-29/h2-21,24-25,30-31,43H,22-23H2,1H3,(H,38,39,41,44)/t30-,31+,37-/m0/s1. The lowest BCUT2D eigenvalue weighted by Crippen LogP contribution is -2.60. The number of imidazole rings is 1. The number of fused-ring (bicyclic) bond motifs is 1. The topological polar surface area (TPSA) is 121 Å². The van der Waals surface area contributed by atoms with E-state index in [1.165, 1.54) is 13.4 Å². The summed E-state index contributed by atoms with van der Waals surface area (Å²) in [6.07, 6.45) is 1.51. The Morgan fingerprint density at radius 1 is 0.872 bits per heavy atom.